The van der Waals surface area contributed by atoms with Gasteiger partial charge in [0.15, 0.2) is 0 Å². The first-order valence-electron chi connectivity index (χ1n) is 9.19. The van der Waals surface area contributed by atoms with Crippen LogP contribution in [0.25, 0.3) is 0 Å². The molecule has 5 nitrogen and oxygen atoms in total. The highest BCUT2D eigenvalue weighted by Gasteiger charge is 2.28. The average Bonchev–Trinajstić information content (AvgIpc) is 2.79. The predicted molar refractivity (Wildman–Crippen MR) is 103 cm³/mol. The van der Waals surface area contributed by atoms with E-state index in [1.54, 1.807) is 6.07 Å². The second kappa shape index (κ2) is 8.66. The van der Waals surface area contributed by atoms with E-state index in [9.17, 15) is 14.0 Å². The van der Waals surface area contributed by atoms with Crippen molar-refractivity contribution in [1.82, 2.24) is 10.2 Å². The van der Waals surface area contributed by atoms with Gasteiger partial charge >= 0.3 is 6.03 Å². The summed E-state index contributed by atoms with van der Waals surface area (Å²) in [6, 6.07) is 12.6. The summed E-state index contributed by atoms with van der Waals surface area (Å²) < 4.78 is 13.3. The van der Waals surface area contributed by atoms with Gasteiger partial charge in [0.05, 0.1) is 0 Å². The molecule has 3 amide bonds. The highest BCUT2D eigenvalue weighted by molar-refractivity contribution is 5.93. The number of likely N-dealkylation sites (tertiary alicyclic amines) is 1. The van der Waals surface area contributed by atoms with Crippen LogP contribution >= 0.6 is 0 Å². The van der Waals surface area contributed by atoms with Gasteiger partial charge in [-0.1, -0.05) is 30.3 Å². The molecule has 3 rings (SSSR count). The Balaban J connectivity index is 1.65. The number of anilines is 1. The fourth-order valence-electron chi connectivity index (χ4n) is 3.28. The Hall–Kier alpha value is -2.89. The molecule has 2 aromatic carbocycles. The molecule has 2 N–H and O–H groups in total. The SMILES string of the molecule is Cc1ccccc1CN1CCCCC(NC(=O)Nc2cccc(F)c2)C1=O. The molecule has 0 aliphatic carbocycles. The van der Waals surface area contributed by atoms with Crippen LogP contribution in [0.3, 0.4) is 0 Å². The average molecular weight is 369 g/mol. The van der Waals surface area contributed by atoms with E-state index in [2.05, 4.69) is 10.6 Å². The van der Waals surface area contributed by atoms with Crippen LogP contribution < -0.4 is 10.6 Å². The number of halogens is 1. The molecule has 142 valence electrons. The summed E-state index contributed by atoms with van der Waals surface area (Å²) in [5.41, 5.74) is 2.60. The Morgan fingerprint density at radius 3 is 2.78 bits per heavy atom. The zero-order chi connectivity index (χ0) is 19.2. The van der Waals surface area contributed by atoms with E-state index < -0.39 is 17.9 Å². The van der Waals surface area contributed by atoms with Gasteiger partial charge in [-0.2, -0.15) is 0 Å². The lowest BCUT2D eigenvalue weighted by Gasteiger charge is -2.25. The van der Waals surface area contributed by atoms with Crippen molar-refractivity contribution in [3.05, 3.63) is 65.5 Å². The molecule has 6 heteroatoms. The fraction of sp³-hybridized carbons (Fsp3) is 0.333. The molecule has 0 saturated carbocycles. The number of carbonyl (C=O) groups excluding carboxylic acids is 2. The molecule has 1 aliphatic rings. The normalized spacial score (nSPS) is 17.3. The van der Waals surface area contributed by atoms with Crippen LogP contribution in [0.1, 0.15) is 30.4 Å². The van der Waals surface area contributed by atoms with Crippen molar-refractivity contribution in [2.24, 2.45) is 0 Å². The molecule has 2 aromatic rings. The summed E-state index contributed by atoms with van der Waals surface area (Å²) in [5, 5.41) is 5.33. The van der Waals surface area contributed by atoms with Gasteiger partial charge in [-0.3, -0.25) is 4.79 Å². The van der Waals surface area contributed by atoms with Crippen LogP contribution in [0.5, 0.6) is 0 Å². The van der Waals surface area contributed by atoms with Gasteiger partial charge in [-0.05, 0) is 55.5 Å². The largest absolute Gasteiger partial charge is 0.337 e. The summed E-state index contributed by atoms with van der Waals surface area (Å²) >= 11 is 0. The Morgan fingerprint density at radius 2 is 2.00 bits per heavy atom. The summed E-state index contributed by atoms with van der Waals surface area (Å²) in [6.45, 7) is 3.24. The minimum atomic E-state index is -0.579. The van der Waals surface area contributed by atoms with Crippen LogP contribution in [0, 0.1) is 12.7 Å². The van der Waals surface area contributed by atoms with E-state index in [-0.39, 0.29) is 5.91 Å². The number of rotatable bonds is 4. The summed E-state index contributed by atoms with van der Waals surface area (Å²) in [5.74, 6) is -0.507. The van der Waals surface area contributed by atoms with Gasteiger partial charge in [0, 0.05) is 18.8 Å². The smallest absolute Gasteiger partial charge is 0.319 e. The lowest BCUT2D eigenvalue weighted by molar-refractivity contribution is -0.133. The lowest BCUT2D eigenvalue weighted by Crippen LogP contribution is -2.48. The van der Waals surface area contributed by atoms with Crippen LogP contribution in [-0.4, -0.2) is 29.4 Å². The van der Waals surface area contributed by atoms with Gasteiger partial charge in [0.25, 0.3) is 0 Å². The first-order valence-corrected chi connectivity index (χ1v) is 9.19. The summed E-state index contributed by atoms with van der Waals surface area (Å²) in [7, 11) is 0. The van der Waals surface area contributed by atoms with Gasteiger partial charge in [-0.25, -0.2) is 9.18 Å². The van der Waals surface area contributed by atoms with E-state index in [0.717, 1.165) is 24.0 Å². The number of benzene rings is 2. The van der Waals surface area contributed by atoms with E-state index >= 15 is 0 Å². The Morgan fingerprint density at radius 1 is 1.19 bits per heavy atom. The number of nitrogens with one attached hydrogen (secondary N) is 2. The maximum Gasteiger partial charge on any atom is 0.319 e. The molecule has 27 heavy (non-hydrogen) atoms. The minimum Gasteiger partial charge on any atom is -0.337 e. The number of hydrogen-bond donors (Lipinski definition) is 2. The molecule has 0 spiro atoms. The van der Waals surface area contributed by atoms with Gasteiger partial charge < -0.3 is 15.5 Å². The second-order valence-electron chi connectivity index (χ2n) is 6.84. The second-order valence-corrected chi connectivity index (χ2v) is 6.84. The van der Waals surface area contributed by atoms with E-state index in [1.807, 2.05) is 36.1 Å². The standard InChI is InChI=1S/C21H24FN3O2/c1-15-7-2-3-8-16(15)14-25-12-5-4-11-19(20(25)26)24-21(27)23-18-10-6-9-17(22)13-18/h2-3,6-10,13,19H,4-5,11-12,14H2,1H3,(H2,23,24,27). The third kappa shape index (κ3) is 5.06. The van der Waals surface area contributed by atoms with Gasteiger partial charge in [0.1, 0.15) is 11.9 Å². The summed E-state index contributed by atoms with van der Waals surface area (Å²) in [6.07, 6.45) is 2.36. The number of hydrogen-bond acceptors (Lipinski definition) is 2. The molecule has 1 aliphatic heterocycles. The van der Waals surface area contributed by atoms with E-state index in [0.29, 0.717) is 25.2 Å². The highest BCUT2D eigenvalue weighted by atomic mass is 19.1. The number of carbonyl (C=O) groups is 2. The third-order valence-corrected chi connectivity index (χ3v) is 4.79. The van der Waals surface area contributed by atoms with Crippen molar-refractivity contribution in [3.63, 3.8) is 0 Å². The number of nitrogens with zero attached hydrogens (tertiary/aromatic N) is 1. The Kier molecular flexibility index (Phi) is 6.06. The maximum absolute atomic E-state index is 13.3. The van der Waals surface area contributed by atoms with E-state index in [1.165, 1.54) is 18.2 Å². The highest BCUT2D eigenvalue weighted by Crippen LogP contribution is 2.17. The number of amides is 3. The molecule has 1 saturated heterocycles. The molecule has 1 unspecified atom stereocenters. The van der Waals surface area contributed by atoms with Crippen molar-refractivity contribution in [1.29, 1.82) is 0 Å². The monoisotopic (exact) mass is 369 g/mol. The van der Waals surface area contributed by atoms with Gasteiger partial charge in [0.2, 0.25) is 5.91 Å². The van der Waals surface area contributed by atoms with Crippen LogP contribution in [-0.2, 0) is 11.3 Å². The molecule has 1 atom stereocenters. The van der Waals surface area contributed by atoms with Crippen molar-refractivity contribution >= 4 is 17.6 Å². The first-order chi connectivity index (χ1) is 13.0. The molecule has 0 aromatic heterocycles. The summed E-state index contributed by atoms with van der Waals surface area (Å²) in [4.78, 5) is 27.0. The zero-order valence-corrected chi connectivity index (χ0v) is 15.4. The number of aryl methyl sites for hydroxylation is 1. The Labute approximate surface area is 158 Å². The van der Waals surface area contributed by atoms with Crippen molar-refractivity contribution in [2.75, 3.05) is 11.9 Å². The third-order valence-electron chi connectivity index (χ3n) is 4.79. The first kappa shape index (κ1) is 18.9. The molecule has 1 heterocycles. The minimum absolute atomic E-state index is 0.0786. The molecular formula is C21H24FN3O2. The fourth-order valence-corrected chi connectivity index (χ4v) is 3.28. The van der Waals surface area contributed by atoms with Crippen molar-refractivity contribution < 1.29 is 14.0 Å². The molecule has 0 bridgehead atoms. The topological polar surface area (TPSA) is 61.4 Å². The van der Waals surface area contributed by atoms with Crippen LogP contribution in [0.4, 0.5) is 14.9 Å². The van der Waals surface area contributed by atoms with E-state index in [4.69, 9.17) is 0 Å². The van der Waals surface area contributed by atoms with Crippen molar-refractivity contribution in [2.45, 2.75) is 38.8 Å². The number of urea groups is 1. The molecule has 0 radical (unpaired) electrons. The molecular weight excluding hydrogens is 345 g/mol. The molecule has 1 fully saturated rings. The van der Waals surface area contributed by atoms with Gasteiger partial charge in [-0.15, -0.1) is 0 Å². The zero-order valence-electron chi connectivity index (χ0n) is 15.4. The van der Waals surface area contributed by atoms with Crippen LogP contribution in [0.15, 0.2) is 48.5 Å². The Bertz CT molecular complexity index is 825. The predicted octanol–water partition coefficient (Wildman–Crippen LogP) is 3.84. The quantitative estimate of drug-likeness (QED) is 0.860. The lowest BCUT2D eigenvalue weighted by atomic mass is 10.1. The maximum atomic E-state index is 13.3. The van der Waals surface area contributed by atoms with Crippen LogP contribution in [0.2, 0.25) is 0 Å². The van der Waals surface area contributed by atoms with Crippen molar-refractivity contribution in [3.8, 4) is 0 Å².